The van der Waals surface area contributed by atoms with Gasteiger partial charge < -0.3 is 4.90 Å². The predicted octanol–water partition coefficient (Wildman–Crippen LogP) is 4.70. The van der Waals surface area contributed by atoms with Crippen LogP contribution in [0.5, 0.6) is 0 Å². The van der Waals surface area contributed by atoms with Crippen LogP contribution >= 0.6 is 11.3 Å². The molecule has 0 N–H and O–H groups in total. The van der Waals surface area contributed by atoms with E-state index in [1.165, 1.54) is 45.6 Å². The van der Waals surface area contributed by atoms with Gasteiger partial charge in [0.2, 0.25) is 0 Å². The van der Waals surface area contributed by atoms with E-state index < -0.39 is 0 Å². The summed E-state index contributed by atoms with van der Waals surface area (Å²) in [7, 11) is 4.38. The van der Waals surface area contributed by atoms with Gasteiger partial charge in [-0.15, -0.1) is 11.3 Å². The van der Waals surface area contributed by atoms with E-state index >= 15 is 0 Å². The number of likely N-dealkylation sites (tertiary alicyclic amines) is 1. The lowest BCUT2D eigenvalue weighted by molar-refractivity contribution is 0.264. The van der Waals surface area contributed by atoms with Crippen molar-refractivity contribution in [2.45, 2.75) is 19.0 Å². The summed E-state index contributed by atoms with van der Waals surface area (Å²) in [5.41, 5.74) is 2.74. The van der Waals surface area contributed by atoms with Crippen LogP contribution < -0.4 is 0 Å². The van der Waals surface area contributed by atoms with Crippen LogP contribution in [0.1, 0.15) is 12.0 Å². The smallest absolute Gasteiger partial charge is 0.0355 e. The highest BCUT2D eigenvalue weighted by Gasteiger charge is 2.23. The predicted molar refractivity (Wildman–Crippen MR) is 105 cm³/mol. The summed E-state index contributed by atoms with van der Waals surface area (Å²) in [6.45, 7) is 3.46. The Kier molecular flexibility index (Phi) is 4.40. The maximum absolute atomic E-state index is 2.57. The van der Waals surface area contributed by atoms with Crippen LogP contribution in [0.15, 0.2) is 54.6 Å². The minimum atomic E-state index is 0.711. The summed E-state index contributed by atoms with van der Waals surface area (Å²) in [5, 5.41) is 1.34. The Bertz CT molecular complexity index is 786. The Morgan fingerprint density at radius 2 is 1.88 bits per heavy atom. The molecule has 24 heavy (non-hydrogen) atoms. The van der Waals surface area contributed by atoms with Gasteiger partial charge in [-0.2, -0.15) is 0 Å². The zero-order valence-corrected chi connectivity index (χ0v) is 15.2. The summed E-state index contributed by atoms with van der Waals surface area (Å²) in [5.74, 6) is 0. The first-order valence-corrected chi connectivity index (χ1v) is 9.47. The Morgan fingerprint density at radius 3 is 2.58 bits per heavy atom. The molecular formula is C21H24N2S. The average Bonchev–Trinajstić information content (AvgIpc) is 3.22. The van der Waals surface area contributed by atoms with E-state index in [0.717, 1.165) is 6.54 Å². The first-order chi connectivity index (χ1) is 11.7. The largest absolute Gasteiger partial charge is 0.305 e. The van der Waals surface area contributed by atoms with E-state index in [2.05, 4.69) is 78.5 Å². The van der Waals surface area contributed by atoms with Gasteiger partial charge in [0, 0.05) is 35.3 Å². The molecule has 1 aliphatic rings. The Morgan fingerprint density at radius 1 is 1.08 bits per heavy atom. The van der Waals surface area contributed by atoms with Crippen molar-refractivity contribution in [3.63, 3.8) is 0 Å². The molecule has 3 aromatic rings. The normalized spacial score (nSPS) is 18.7. The lowest BCUT2D eigenvalue weighted by Gasteiger charge is -2.20. The molecule has 1 aliphatic heterocycles. The molecule has 4 rings (SSSR count). The Labute approximate surface area is 148 Å². The number of fused-ring (bicyclic) bond motifs is 1. The fourth-order valence-corrected chi connectivity index (χ4v) is 4.60. The summed E-state index contributed by atoms with van der Waals surface area (Å²) in [6, 6.07) is 20.8. The van der Waals surface area contributed by atoms with Gasteiger partial charge in [0.05, 0.1) is 0 Å². The number of likely N-dealkylation sites (N-methyl/N-ethyl adjacent to an activating group) is 1. The third kappa shape index (κ3) is 3.25. The highest BCUT2D eigenvalue weighted by molar-refractivity contribution is 7.22. The van der Waals surface area contributed by atoms with Gasteiger partial charge in [0.1, 0.15) is 0 Å². The van der Waals surface area contributed by atoms with Gasteiger partial charge in [-0.05, 0) is 49.2 Å². The van der Waals surface area contributed by atoms with E-state index in [1.807, 2.05) is 11.3 Å². The summed E-state index contributed by atoms with van der Waals surface area (Å²) in [6.07, 6.45) is 1.28. The van der Waals surface area contributed by atoms with Crippen LogP contribution in [0.2, 0.25) is 0 Å². The second-order valence-corrected chi connectivity index (χ2v) is 8.07. The van der Waals surface area contributed by atoms with Crippen molar-refractivity contribution in [3.8, 4) is 10.4 Å². The Hall–Kier alpha value is -1.68. The monoisotopic (exact) mass is 336 g/mol. The van der Waals surface area contributed by atoms with Gasteiger partial charge in [0.15, 0.2) is 0 Å². The van der Waals surface area contributed by atoms with Crippen molar-refractivity contribution in [2.24, 2.45) is 0 Å². The van der Waals surface area contributed by atoms with E-state index in [9.17, 15) is 0 Å². The summed E-state index contributed by atoms with van der Waals surface area (Å²) < 4.78 is 1.36. The van der Waals surface area contributed by atoms with Crippen LogP contribution in [0.4, 0.5) is 0 Å². The van der Waals surface area contributed by atoms with Gasteiger partial charge in [-0.25, -0.2) is 0 Å². The van der Waals surface area contributed by atoms with Gasteiger partial charge >= 0.3 is 0 Å². The molecule has 0 spiro atoms. The molecular weight excluding hydrogens is 312 g/mol. The fourth-order valence-electron chi connectivity index (χ4n) is 3.53. The van der Waals surface area contributed by atoms with Crippen molar-refractivity contribution in [1.29, 1.82) is 0 Å². The molecule has 0 saturated carbocycles. The minimum Gasteiger partial charge on any atom is -0.305 e. The maximum atomic E-state index is 2.57. The molecule has 124 valence electrons. The molecule has 0 radical (unpaired) electrons. The van der Waals surface area contributed by atoms with Crippen LogP contribution in [0.25, 0.3) is 20.5 Å². The number of benzene rings is 2. The van der Waals surface area contributed by atoms with E-state index in [4.69, 9.17) is 0 Å². The zero-order chi connectivity index (χ0) is 16.5. The maximum Gasteiger partial charge on any atom is 0.0355 e. The van der Waals surface area contributed by atoms with Crippen LogP contribution in [-0.2, 0) is 6.54 Å². The molecule has 1 aromatic heterocycles. The molecule has 0 bridgehead atoms. The molecule has 0 amide bonds. The standard InChI is InChI=1S/C21H24N2S/c1-22(2)19-11-12-23(15-19)14-16-7-9-17(10-8-16)21-13-18-5-3-4-6-20(18)24-21/h3-10,13,19H,11-12,14-15H2,1-2H3. The molecule has 2 nitrogen and oxygen atoms in total. The lowest BCUT2D eigenvalue weighted by Crippen LogP contribution is -2.31. The number of rotatable bonds is 4. The summed E-state index contributed by atoms with van der Waals surface area (Å²) >= 11 is 1.88. The SMILES string of the molecule is CN(C)C1CCN(Cc2ccc(-c3cc4ccccc4s3)cc2)C1. The first-order valence-electron chi connectivity index (χ1n) is 8.66. The molecule has 0 aliphatic carbocycles. The molecule has 1 fully saturated rings. The molecule has 3 heteroatoms. The number of thiophene rings is 1. The van der Waals surface area contributed by atoms with E-state index in [0.29, 0.717) is 6.04 Å². The summed E-state index contributed by atoms with van der Waals surface area (Å²) in [4.78, 5) is 6.28. The van der Waals surface area contributed by atoms with Crippen LogP contribution in [0, 0.1) is 0 Å². The van der Waals surface area contributed by atoms with Gasteiger partial charge in [0.25, 0.3) is 0 Å². The molecule has 2 aromatic carbocycles. The number of nitrogens with zero attached hydrogens (tertiary/aromatic N) is 2. The average molecular weight is 337 g/mol. The van der Waals surface area contributed by atoms with Crippen LogP contribution in [0.3, 0.4) is 0 Å². The minimum absolute atomic E-state index is 0.711. The fraction of sp³-hybridized carbons (Fsp3) is 0.333. The lowest BCUT2D eigenvalue weighted by atomic mass is 10.1. The molecule has 1 unspecified atom stereocenters. The van der Waals surface area contributed by atoms with E-state index in [-0.39, 0.29) is 0 Å². The molecule has 2 heterocycles. The third-order valence-electron chi connectivity index (χ3n) is 5.05. The highest BCUT2D eigenvalue weighted by Crippen LogP contribution is 2.33. The second-order valence-electron chi connectivity index (χ2n) is 6.99. The molecule has 1 atom stereocenters. The van der Waals surface area contributed by atoms with E-state index in [1.54, 1.807) is 0 Å². The highest BCUT2D eigenvalue weighted by atomic mass is 32.1. The Balaban J connectivity index is 1.47. The molecule has 1 saturated heterocycles. The van der Waals surface area contributed by atoms with Gasteiger partial charge in [-0.1, -0.05) is 42.5 Å². The van der Waals surface area contributed by atoms with Crippen molar-refractivity contribution < 1.29 is 0 Å². The third-order valence-corrected chi connectivity index (χ3v) is 6.21. The number of hydrogen-bond acceptors (Lipinski definition) is 3. The number of hydrogen-bond donors (Lipinski definition) is 0. The van der Waals surface area contributed by atoms with Crippen molar-refractivity contribution >= 4 is 21.4 Å². The topological polar surface area (TPSA) is 6.48 Å². The van der Waals surface area contributed by atoms with Crippen molar-refractivity contribution in [3.05, 3.63) is 60.2 Å². The van der Waals surface area contributed by atoms with Crippen molar-refractivity contribution in [2.75, 3.05) is 27.2 Å². The van der Waals surface area contributed by atoms with Crippen LogP contribution in [-0.4, -0.2) is 43.0 Å². The quantitative estimate of drug-likeness (QED) is 0.681. The van der Waals surface area contributed by atoms with Crippen molar-refractivity contribution in [1.82, 2.24) is 9.80 Å². The first kappa shape index (κ1) is 15.8. The van der Waals surface area contributed by atoms with Gasteiger partial charge in [-0.3, -0.25) is 4.90 Å². The zero-order valence-electron chi connectivity index (χ0n) is 14.4. The second kappa shape index (κ2) is 6.67.